The summed E-state index contributed by atoms with van der Waals surface area (Å²) in [6.07, 6.45) is -0.789. The van der Waals surface area contributed by atoms with Crippen molar-refractivity contribution in [2.45, 2.75) is 11.2 Å². The Kier molecular flexibility index (Phi) is 5.15. The number of rotatable bonds is 6. The van der Waals surface area contributed by atoms with E-state index in [-0.39, 0.29) is 6.54 Å². The van der Waals surface area contributed by atoms with Gasteiger partial charge in [-0.05, 0) is 12.1 Å². The van der Waals surface area contributed by atoms with Crippen LogP contribution in [0.25, 0.3) is 0 Å². The summed E-state index contributed by atoms with van der Waals surface area (Å²) < 4.78 is 61.1. The predicted molar refractivity (Wildman–Crippen MR) is 59.4 cm³/mol. The van der Waals surface area contributed by atoms with Gasteiger partial charge in [0.05, 0.1) is 6.54 Å². The number of benzene rings is 1. The maximum Gasteiger partial charge on any atom is 0.243 e. The highest BCUT2D eigenvalue weighted by molar-refractivity contribution is 7.89. The van der Waals surface area contributed by atoms with Crippen LogP contribution in [-0.4, -0.2) is 35.5 Å². The number of methoxy groups -OCH3 is 2. The fourth-order valence-corrected chi connectivity index (χ4v) is 2.29. The molecule has 1 rings (SSSR count). The summed E-state index contributed by atoms with van der Waals surface area (Å²) in [6.45, 7) is -0.188. The first-order valence-corrected chi connectivity index (χ1v) is 6.39. The Labute approximate surface area is 104 Å². The quantitative estimate of drug-likeness (QED) is 0.786. The molecular weight excluding hydrogens is 268 g/mol. The molecule has 0 unspecified atom stereocenters. The van der Waals surface area contributed by atoms with Crippen LogP contribution in [0.2, 0.25) is 0 Å². The molecule has 0 aliphatic rings. The molecule has 0 aromatic heterocycles. The molecule has 0 spiro atoms. The minimum Gasteiger partial charge on any atom is -0.355 e. The van der Waals surface area contributed by atoms with Gasteiger partial charge in [-0.2, -0.15) is 0 Å². The second kappa shape index (κ2) is 6.19. The molecule has 1 N–H and O–H groups in total. The summed E-state index contributed by atoms with van der Waals surface area (Å²) in [5, 5.41) is 0. The normalized spacial score (nSPS) is 12.1. The van der Waals surface area contributed by atoms with E-state index in [9.17, 15) is 17.2 Å². The van der Waals surface area contributed by atoms with E-state index in [2.05, 4.69) is 4.72 Å². The van der Waals surface area contributed by atoms with Gasteiger partial charge in [0.1, 0.15) is 16.5 Å². The van der Waals surface area contributed by atoms with Gasteiger partial charge in [-0.25, -0.2) is 21.9 Å². The molecular formula is C10H13F2NO4S. The van der Waals surface area contributed by atoms with Crippen LogP contribution in [0, 0.1) is 11.6 Å². The fourth-order valence-electron chi connectivity index (χ4n) is 1.21. The van der Waals surface area contributed by atoms with Gasteiger partial charge in [-0.1, -0.05) is 0 Å². The number of nitrogens with one attached hydrogen (secondary N) is 1. The molecule has 0 atom stereocenters. The molecule has 0 radical (unpaired) electrons. The van der Waals surface area contributed by atoms with Crippen LogP contribution in [0.5, 0.6) is 0 Å². The van der Waals surface area contributed by atoms with Crippen molar-refractivity contribution in [1.82, 2.24) is 4.72 Å². The van der Waals surface area contributed by atoms with Crippen molar-refractivity contribution in [3.63, 3.8) is 0 Å². The Morgan fingerprint density at radius 3 is 2.39 bits per heavy atom. The van der Waals surface area contributed by atoms with E-state index in [1.807, 2.05) is 0 Å². The molecule has 1 aromatic rings. The smallest absolute Gasteiger partial charge is 0.243 e. The Bertz CT molecular complexity index is 503. The third-order valence-corrected chi connectivity index (χ3v) is 3.61. The third kappa shape index (κ3) is 3.70. The maximum absolute atomic E-state index is 13.3. The fraction of sp³-hybridized carbons (Fsp3) is 0.400. The zero-order chi connectivity index (χ0) is 13.8. The average Bonchev–Trinajstić information content (AvgIpc) is 2.29. The van der Waals surface area contributed by atoms with Crippen LogP contribution >= 0.6 is 0 Å². The van der Waals surface area contributed by atoms with Crippen LogP contribution in [0.1, 0.15) is 0 Å². The van der Waals surface area contributed by atoms with Crippen LogP contribution in [-0.2, 0) is 19.5 Å². The van der Waals surface area contributed by atoms with E-state index < -0.39 is 32.8 Å². The number of hydrogen-bond acceptors (Lipinski definition) is 4. The Morgan fingerprint density at radius 1 is 1.28 bits per heavy atom. The molecule has 0 aliphatic heterocycles. The maximum atomic E-state index is 13.3. The van der Waals surface area contributed by atoms with Crippen LogP contribution in [0.3, 0.4) is 0 Å². The van der Waals surface area contributed by atoms with Crippen LogP contribution in [0.4, 0.5) is 8.78 Å². The summed E-state index contributed by atoms with van der Waals surface area (Å²) in [7, 11) is -1.41. The van der Waals surface area contributed by atoms with E-state index in [0.717, 1.165) is 12.1 Å². The molecule has 102 valence electrons. The monoisotopic (exact) mass is 281 g/mol. The first-order valence-electron chi connectivity index (χ1n) is 4.91. The predicted octanol–water partition coefficient (Wildman–Crippen LogP) is 0.862. The standard InChI is InChI=1S/C10H13F2NO4S/c1-16-10(17-2)6-13-18(14,15)9-4-3-7(11)5-8(9)12/h3-5,10,13H,6H2,1-2H3. The Hall–Kier alpha value is -1.09. The molecule has 0 bridgehead atoms. The number of ether oxygens (including phenoxy) is 2. The highest BCUT2D eigenvalue weighted by Crippen LogP contribution is 2.15. The zero-order valence-corrected chi connectivity index (χ0v) is 10.6. The van der Waals surface area contributed by atoms with E-state index in [0.29, 0.717) is 6.07 Å². The number of halogens is 2. The molecule has 18 heavy (non-hydrogen) atoms. The molecule has 0 amide bonds. The van der Waals surface area contributed by atoms with Gasteiger partial charge < -0.3 is 9.47 Å². The van der Waals surface area contributed by atoms with Crippen molar-refractivity contribution < 1.29 is 26.7 Å². The zero-order valence-electron chi connectivity index (χ0n) is 9.81. The lowest BCUT2D eigenvalue weighted by molar-refractivity contribution is -0.0960. The second-order valence-corrected chi connectivity index (χ2v) is 5.06. The van der Waals surface area contributed by atoms with Gasteiger partial charge in [0, 0.05) is 20.3 Å². The number of sulfonamides is 1. The summed E-state index contributed by atoms with van der Waals surface area (Å²) in [5.74, 6) is -2.01. The van der Waals surface area contributed by atoms with Gasteiger partial charge in [0.2, 0.25) is 10.0 Å². The lowest BCUT2D eigenvalue weighted by Crippen LogP contribution is -2.34. The van der Waals surface area contributed by atoms with E-state index >= 15 is 0 Å². The van der Waals surface area contributed by atoms with E-state index in [4.69, 9.17) is 9.47 Å². The highest BCUT2D eigenvalue weighted by atomic mass is 32.2. The largest absolute Gasteiger partial charge is 0.355 e. The highest BCUT2D eigenvalue weighted by Gasteiger charge is 2.20. The molecule has 5 nitrogen and oxygen atoms in total. The lowest BCUT2D eigenvalue weighted by Gasteiger charge is -2.14. The van der Waals surface area contributed by atoms with Gasteiger partial charge in [-0.3, -0.25) is 0 Å². The van der Waals surface area contributed by atoms with E-state index in [1.54, 1.807) is 0 Å². The Morgan fingerprint density at radius 2 is 1.89 bits per heavy atom. The van der Waals surface area contributed by atoms with Crippen LogP contribution < -0.4 is 4.72 Å². The topological polar surface area (TPSA) is 64.6 Å². The average molecular weight is 281 g/mol. The first kappa shape index (κ1) is 15.0. The SMILES string of the molecule is COC(CNS(=O)(=O)c1ccc(F)cc1F)OC. The molecule has 0 fully saturated rings. The molecule has 0 saturated carbocycles. The second-order valence-electron chi connectivity index (χ2n) is 3.33. The third-order valence-electron chi connectivity index (χ3n) is 2.15. The van der Waals surface area contributed by atoms with Crippen molar-refractivity contribution in [1.29, 1.82) is 0 Å². The Balaban J connectivity index is 2.86. The number of hydrogen-bond donors (Lipinski definition) is 1. The van der Waals surface area contributed by atoms with Gasteiger partial charge >= 0.3 is 0 Å². The lowest BCUT2D eigenvalue weighted by atomic mass is 10.3. The molecule has 0 saturated heterocycles. The van der Waals surface area contributed by atoms with Crippen LogP contribution in [0.15, 0.2) is 23.1 Å². The molecule has 0 heterocycles. The van der Waals surface area contributed by atoms with Gasteiger partial charge in [0.25, 0.3) is 0 Å². The first-order chi connectivity index (χ1) is 8.40. The van der Waals surface area contributed by atoms with Gasteiger partial charge in [-0.15, -0.1) is 0 Å². The van der Waals surface area contributed by atoms with E-state index in [1.165, 1.54) is 14.2 Å². The minimum atomic E-state index is -4.07. The summed E-state index contributed by atoms with van der Waals surface area (Å²) in [4.78, 5) is -0.630. The summed E-state index contributed by atoms with van der Waals surface area (Å²) in [5.41, 5.74) is 0. The van der Waals surface area contributed by atoms with Crippen molar-refractivity contribution in [2.24, 2.45) is 0 Å². The van der Waals surface area contributed by atoms with Gasteiger partial charge in [0.15, 0.2) is 6.29 Å². The van der Waals surface area contributed by atoms with Crippen molar-refractivity contribution in [2.75, 3.05) is 20.8 Å². The van der Waals surface area contributed by atoms with Crippen molar-refractivity contribution in [3.05, 3.63) is 29.8 Å². The molecule has 8 heteroatoms. The van der Waals surface area contributed by atoms with Crippen molar-refractivity contribution >= 4 is 10.0 Å². The summed E-state index contributed by atoms with van der Waals surface area (Å²) in [6, 6.07) is 2.21. The summed E-state index contributed by atoms with van der Waals surface area (Å²) >= 11 is 0. The molecule has 0 aliphatic carbocycles. The minimum absolute atomic E-state index is 0.188. The molecule has 1 aromatic carbocycles. The van der Waals surface area contributed by atoms with Crippen molar-refractivity contribution in [3.8, 4) is 0 Å².